The Morgan fingerprint density at radius 2 is 1.78 bits per heavy atom. The van der Waals surface area contributed by atoms with Crippen molar-refractivity contribution < 1.29 is 14.7 Å². The molecule has 8 heteroatoms. The van der Waals surface area contributed by atoms with E-state index in [9.17, 15) is 14.7 Å². The number of halogens is 1. The van der Waals surface area contributed by atoms with Crippen LogP contribution in [0.1, 0.15) is 16.7 Å². The summed E-state index contributed by atoms with van der Waals surface area (Å²) in [6.07, 6.45) is 1.49. The number of carbonyl (C=O) groups is 2. The molecule has 0 aliphatic carbocycles. The van der Waals surface area contributed by atoms with Crippen LogP contribution in [-0.4, -0.2) is 21.2 Å². The topological polar surface area (TPSA) is 82.3 Å². The standard InChI is InChI=1S/C24H18ClN3O3S/c1-15-6-8-16(9-7-15)14-28-23(30)22(32-24(28)31)13-17-12-18(10-11-21(17)29)26-27-20-5-3-2-4-19(20)25/h2-13,29H,14H2,1H3/b22-13-,27-26?. The Kier molecular flexibility index (Phi) is 6.39. The molecule has 1 saturated heterocycles. The van der Waals surface area contributed by atoms with Crippen molar-refractivity contribution in [3.8, 4) is 5.75 Å². The average Bonchev–Trinajstić information content (AvgIpc) is 3.04. The summed E-state index contributed by atoms with van der Waals surface area (Å²) in [4.78, 5) is 26.7. The van der Waals surface area contributed by atoms with E-state index in [1.165, 1.54) is 17.0 Å². The molecule has 0 spiro atoms. The van der Waals surface area contributed by atoms with Crippen LogP contribution in [0.2, 0.25) is 5.02 Å². The molecule has 4 rings (SSSR count). The van der Waals surface area contributed by atoms with E-state index in [2.05, 4.69) is 10.2 Å². The molecular weight excluding hydrogens is 446 g/mol. The first-order valence-corrected chi connectivity index (χ1v) is 10.9. The molecule has 1 fully saturated rings. The Bertz CT molecular complexity index is 1260. The van der Waals surface area contributed by atoms with E-state index in [1.807, 2.05) is 31.2 Å². The number of rotatable bonds is 5. The van der Waals surface area contributed by atoms with Crippen LogP contribution in [0.3, 0.4) is 0 Å². The summed E-state index contributed by atoms with van der Waals surface area (Å²) in [6.45, 7) is 2.17. The van der Waals surface area contributed by atoms with Crippen LogP contribution in [-0.2, 0) is 11.3 Å². The number of aromatic hydroxyl groups is 1. The largest absolute Gasteiger partial charge is 0.507 e. The number of hydrogen-bond donors (Lipinski definition) is 1. The Balaban J connectivity index is 1.56. The molecule has 0 unspecified atom stereocenters. The van der Waals surface area contributed by atoms with Gasteiger partial charge in [-0.1, -0.05) is 53.6 Å². The summed E-state index contributed by atoms with van der Waals surface area (Å²) in [5.41, 5.74) is 3.31. The molecule has 1 aliphatic rings. The van der Waals surface area contributed by atoms with Gasteiger partial charge >= 0.3 is 0 Å². The number of azo groups is 1. The van der Waals surface area contributed by atoms with Crippen LogP contribution in [0.15, 0.2) is 81.9 Å². The number of carbonyl (C=O) groups excluding carboxylic acids is 2. The molecule has 1 heterocycles. The van der Waals surface area contributed by atoms with Crippen molar-refractivity contribution in [2.24, 2.45) is 10.2 Å². The second kappa shape index (κ2) is 9.38. The maximum absolute atomic E-state index is 12.8. The highest BCUT2D eigenvalue weighted by Crippen LogP contribution is 2.36. The van der Waals surface area contributed by atoms with Crippen molar-refractivity contribution >= 4 is 52.0 Å². The van der Waals surface area contributed by atoms with Gasteiger partial charge in [-0.05, 0) is 60.7 Å². The molecule has 0 saturated carbocycles. The summed E-state index contributed by atoms with van der Waals surface area (Å²) in [5, 5.41) is 18.6. The fourth-order valence-corrected chi connectivity index (χ4v) is 4.02. The number of benzene rings is 3. The number of aryl methyl sites for hydroxylation is 1. The van der Waals surface area contributed by atoms with Gasteiger partial charge in [-0.25, -0.2) is 0 Å². The van der Waals surface area contributed by atoms with Crippen molar-refractivity contribution in [1.29, 1.82) is 0 Å². The average molecular weight is 464 g/mol. The van der Waals surface area contributed by atoms with Gasteiger partial charge in [-0.15, -0.1) is 5.11 Å². The first-order chi connectivity index (χ1) is 15.4. The number of phenols is 1. The molecule has 6 nitrogen and oxygen atoms in total. The lowest BCUT2D eigenvalue weighted by molar-refractivity contribution is -0.123. The summed E-state index contributed by atoms with van der Waals surface area (Å²) < 4.78 is 0. The van der Waals surface area contributed by atoms with Crippen molar-refractivity contribution in [1.82, 2.24) is 4.90 Å². The molecule has 1 aliphatic heterocycles. The third-order valence-corrected chi connectivity index (χ3v) is 5.99. The van der Waals surface area contributed by atoms with Crippen molar-refractivity contribution in [3.63, 3.8) is 0 Å². The molecular formula is C24H18ClN3O3S. The minimum atomic E-state index is -0.400. The quantitative estimate of drug-likeness (QED) is 0.326. The van der Waals surface area contributed by atoms with E-state index in [0.29, 0.717) is 22.0 Å². The van der Waals surface area contributed by atoms with Gasteiger partial charge in [-0.2, -0.15) is 5.11 Å². The maximum atomic E-state index is 12.8. The van der Waals surface area contributed by atoms with Crippen LogP contribution < -0.4 is 0 Å². The molecule has 160 valence electrons. The Hall–Kier alpha value is -3.42. The molecule has 0 bridgehead atoms. The van der Waals surface area contributed by atoms with Gasteiger partial charge < -0.3 is 5.11 Å². The predicted octanol–water partition coefficient (Wildman–Crippen LogP) is 7.01. The molecule has 0 atom stereocenters. The fourth-order valence-electron chi connectivity index (χ4n) is 3.02. The van der Waals surface area contributed by atoms with Gasteiger partial charge in [0.1, 0.15) is 11.4 Å². The Morgan fingerprint density at radius 1 is 1.03 bits per heavy atom. The summed E-state index contributed by atoms with van der Waals surface area (Å²) in [6, 6.07) is 19.3. The first-order valence-electron chi connectivity index (χ1n) is 9.71. The minimum absolute atomic E-state index is 0.0352. The molecule has 3 aromatic carbocycles. The van der Waals surface area contributed by atoms with Gasteiger partial charge in [-0.3, -0.25) is 14.5 Å². The Morgan fingerprint density at radius 3 is 2.53 bits per heavy atom. The van der Waals surface area contributed by atoms with Gasteiger partial charge in [0.05, 0.1) is 22.2 Å². The highest BCUT2D eigenvalue weighted by molar-refractivity contribution is 8.18. The number of hydrogen-bond acceptors (Lipinski definition) is 6. The molecule has 0 radical (unpaired) electrons. The van der Waals surface area contributed by atoms with E-state index in [-0.39, 0.29) is 22.4 Å². The van der Waals surface area contributed by atoms with Gasteiger partial charge in [0.15, 0.2) is 0 Å². The number of imide groups is 1. The highest BCUT2D eigenvalue weighted by Gasteiger charge is 2.35. The van der Waals surface area contributed by atoms with E-state index in [4.69, 9.17) is 11.6 Å². The third kappa shape index (κ3) is 4.90. The molecule has 2 amide bonds. The zero-order chi connectivity index (χ0) is 22.7. The van der Waals surface area contributed by atoms with Crippen LogP contribution in [0.4, 0.5) is 16.2 Å². The van der Waals surface area contributed by atoms with E-state index in [0.717, 1.165) is 22.9 Å². The third-order valence-electron chi connectivity index (χ3n) is 4.76. The normalized spacial score (nSPS) is 15.3. The fraction of sp³-hybridized carbons (Fsp3) is 0.0833. The molecule has 32 heavy (non-hydrogen) atoms. The summed E-state index contributed by atoms with van der Waals surface area (Å²) in [5.74, 6) is -0.435. The van der Waals surface area contributed by atoms with Gasteiger partial charge in [0.25, 0.3) is 11.1 Å². The molecule has 3 aromatic rings. The van der Waals surface area contributed by atoms with E-state index >= 15 is 0 Å². The summed E-state index contributed by atoms with van der Waals surface area (Å²) in [7, 11) is 0. The zero-order valence-corrected chi connectivity index (χ0v) is 18.6. The number of nitrogens with zero attached hydrogens (tertiary/aromatic N) is 3. The Labute approximate surface area is 194 Å². The van der Waals surface area contributed by atoms with Crippen LogP contribution in [0, 0.1) is 6.92 Å². The molecule has 1 N–H and O–H groups in total. The second-order valence-electron chi connectivity index (χ2n) is 7.15. The van der Waals surface area contributed by atoms with E-state index in [1.54, 1.807) is 36.4 Å². The lowest BCUT2D eigenvalue weighted by atomic mass is 10.1. The van der Waals surface area contributed by atoms with Crippen LogP contribution >= 0.6 is 23.4 Å². The van der Waals surface area contributed by atoms with Crippen LogP contribution in [0.5, 0.6) is 5.75 Å². The van der Waals surface area contributed by atoms with Crippen LogP contribution in [0.25, 0.3) is 6.08 Å². The summed E-state index contributed by atoms with van der Waals surface area (Å²) >= 11 is 6.93. The van der Waals surface area contributed by atoms with E-state index < -0.39 is 5.91 Å². The van der Waals surface area contributed by atoms with Crippen molar-refractivity contribution in [3.05, 3.63) is 93.3 Å². The number of phenolic OH excluding ortho intramolecular Hbond substituents is 1. The minimum Gasteiger partial charge on any atom is -0.507 e. The number of amides is 2. The second-order valence-corrected chi connectivity index (χ2v) is 8.55. The zero-order valence-electron chi connectivity index (χ0n) is 17.0. The monoisotopic (exact) mass is 463 g/mol. The smallest absolute Gasteiger partial charge is 0.293 e. The predicted molar refractivity (Wildman–Crippen MR) is 126 cm³/mol. The first kappa shape index (κ1) is 21.8. The van der Waals surface area contributed by atoms with Crippen molar-refractivity contribution in [2.75, 3.05) is 0 Å². The highest BCUT2D eigenvalue weighted by atomic mass is 35.5. The lowest BCUT2D eigenvalue weighted by Gasteiger charge is -2.12. The number of thioether (sulfide) groups is 1. The maximum Gasteiger partial charge on any atom is 0.293 e. The van der Waals surface area contributed by atoms with Gasteiger partial charge in [0, 0.05) is 5.56 Å². The lowest BCUT2D eigenvalue weighted by Crippen LogP contribution is -2.27. The van der Waals surface area contributed by atoms with Crippen molar-refractivity contribution in [2.45, 2.75) is 13.5 Å². The SMILES string of the molecule is Cc1ccc(CN2C(=O)S/C(=C\c3cc(N=Nc4ccccc4Cl)ccc3O)C2=O)cc1. The molecule has 0 aromatic heterocycles. The van der Waals surface area contributed by atoms with Gasteiger partial charge in [0.2, 0.25) is 0 Å².